The molecule has 4 N–H and O–H groups in total. The zero-order valence-corrected chi connectivity index (χ0v) is 10.8. The first-order valence-corrected chi connectivity index (χ1v) is 7.03. The number of fused-ring (bicyclic) bond motifs is 2. The molecule has 0 spiro atoms. The number of hydrogen-bond donors (Lipinski definition) is 3. The van der Waals surface area contributed by atoms with Crippen LogP contribution in [0.5, 0.6) is 0 Å². The van der Waals surface area contributed by atoms with Crippen LogP contribution in [0.2, 0.25) is 0 Å². The summed E-state index contributed by atoms with van der Waals surface area (Å²) in [5.74, 6) is -0.424. The Morgan fingerprint density at radius 3 is 2.47 bits per heavy atom. The minimum Gasteiger partial charge on any atom is -0.481 e. The molecule has 3 aliphatic carbocycles. The van der Waals surface area contributed by atoms with Crippen LogP contribution in [0.1, 0.15) is 25.7 Å². The number of carbonyl (C=O) groups is 2. The molecule has 1 amide bonds. The third-order valence-corrected chi connectivity index (χ3v) is 5.01. The lowest BCUT2D eigenvalue weighted by Crippen LogP contribution is -2.47. The summed E-state index contributed by atoms with van der Waals surface area (Å²) in [5, 5.41) is 11.9. The highest BCUT2D eigenvalue weighted by molar-refractivity contribution is 5.81. The molecule has 2 saturated carbocycles. The number of nitrogens with two attached hydrogens (primary N) is 1. The van der Waals surface area contributed by atoms with E-state index in [0.717, 1.165) is 19.3 Å². The molecule has 0 heterocycles. The second-order valence-corrected chi connectivity index (χ2v) is 6.12. The molecule has 2 bridgehead atoms. The molecule has 5 heteroatoms. The molecule has 0 aromatic carbocycles. The van der Waals surface area contributed by atoms with Crippen LogP contribution in [0.15, 0.2) is 12.2 Å². The van der Waals surface area contributed by atoms with Crippen molar-refractivity contribution in [1.29, 1.82) is 0 Å². The maximum absolute atomic E-state index is 12.3. The fraction of sp³-hybridized carbons (Fsp3) is 0.714. The number of rotatable bonds is 3. The molecule has 0 radical (unpaired) electrons. The van der Waals surface area contributed by atoms with E-state index >= 15 is 0 Å². The number of carbonyl (C=O) groups excluding carboxylic acids is 1. The average molecular weight is 264 g/mol. The third-order valence-electron chi connectivity index (χ3n) is 5.01. The first kappa shape index (κ1) is 12.7. The summed E-state index contributed by atoms with van der Waals surface area (Å²) in [6, 6.07) is -0.167. The van der Waals surface area contributed by atoms with Crippen molar-refractivity contribution in [3.05, 3.63) is 12.2 Å². The molecule has 0 aromatic heterocycles. The topological polar surface area (TPSA) is 92.4 Å². The summed E-state index contributed by atoms with van der Waals surface area (Å²) in [6.45, 7) is 0. The van der Waals surface area contributed by atoms with Crippen molar-refractivity contribution in [3.8, 4) is 0 Å². The van der Waals surface area contributed by atoms with Crippen molar-refractivity contribution in [2.24, 2.45) is 29.4 Å². The van der Waals surface area contributed by atoms with Gasteiger partial charge in [-0.3, -0.25) is 9.59 Å². The van der Waals surface area contributed by atoms with Crippen molar-refractivity contribution >= 4 is 11.9 Å². The van der Waals surface area contributed by atoms with Crippen LogP contribution in [0.3, 0.4) is 0 Å². The fourth-order valence-electron chi connectivity index (χ4n) is 3.99. The van der Waals surface area contributed by atoms with Gasteiger partial charge in [0, 0.05) is 12.1 Å². The van der Waals surface area contributed by atoms with Crippen LogP contribution in [0.4, 0.5) is 0 Å². The highest BCUT2D eigenvalue weighted by Gasteiger charge is 2.49. The van der Waals surface area contributed by atoms with E-state index in [2.05, 4.69) is 5.32 Å². The molecule has 0 aromatic rings. The Bertz CT molecular complexity index is 432. The summed E-state index contributed by atoms with van der Waals surface area (Å²) < 4.78 is 0. The molecule has 3 aliphatic rings. The Morgan fingerprint density at radius 1 is 1.16 bits per heavy atom. The highest BCUT2D eigenvalue weighted by atomic mass is 16.4. The van der Waals surface area contributed by atoms with Crippen molar-refractivity contribution in [3.63, 3.8) is 0 Å². The summed E-state index contributed by atoms with van der Waals surface area (Å²) >= 11 is 0. The smallest absolute Gasteiger partial charge is 0.310 e. The number of amides is 1. The van der Waals surface area contributed by atoms with E-state index in [1.54, 1.807) is 12.2 Å². The summed E-state index contributed by atoms with van der Waals surface area (Å²) in [6.07, 6.45) is 7.24. The number of carboxylic acids is 1. The molecular formula is C14H20N2O3. The monoisotopic (exact) mass is 264 g/mol. The molecule has 19 heavy (non-hydrogen) atoms. The Labute approximate surface area is 112 Å². The van der Waals surface area contributed by atoms with Crippen LogP contribution in [-0.4, -0.2) is 29.1 Å². The van der Waals surface area contributed by atoms with Gasteiger partial charge in [0.25, 0.3) is 0 Å². The molecule has 0 aliphatic heterocycles. The predicted molar refractivity (Wildman–Crippen MR) is 69.1 cm³/mol. The summed E-state index contributed by atoms with van der Waals surface area (Å²) in [7, 11) is 0. The molecule has 6 unspecified atom stereocenters. The molecule has 2 fully saturated rings. The van der Waals surface area contributed by atoms with E-state index in [1.807, 2.05) is 0 Å². The zero-order chi connectivity index (χ0) is 13.6. The van der Waals surface area contributed by atoms with Crippen molar-refractivity contribution in [2.75, 3.05) is 0 Å². The van der Waals surface area contributed by atoms with E-state index in [9.17, 15) is 9.59 Å². The molecule has 6 atom stereocenters. The second-order valence-electron chi connectivity index (χ2n) is 6.12. The number of hydrogen-bond acceptors (Lipinski definition) is 3. The van der Waals surface area contributed by atoms with Crippen LogP contribution in [0.25, 0.3) is 0 Å². The molecule has 104 valence electrons. The minimum absolute atomic E-state index is 0.0142. The van der Waals surface area contributed by atoms with E-state index in [0.29, 0.717) is 18.3 Å². The largest absolute Gasteiger partial charge is 0.481 e. The van der Waals surface area contributed by atoms with E-state index in [4.69, 9.17) is 10.8 Å². The lowest BCUT2D eigenvalue weighted by molar-refractivity contribution is -0.140. The quantitative estimate of drug-likeness (QED) is 0.647. The van der Waals surface area contributed by atoms with Gasteiger partial charge in [-0.15, -0.1) is 0 Å². The first-order chi connectivity index (χ1) is 9.06. The van der Waals surface area contributed by atoms with E-state index in [1.165, 1.54) is 0 Å². The standard InChI is InChI=1S/C14H20N2O3/c15-12-8-2-1-7(5-8)11(12)13(17)16-10-4-3-9(6-10)14(18)19/h3-4,7-12H,1-2,5-6,15H2,(H,16,17)(H,18,19). The van der Waals surface area contributed by atoms with Crippen LogP contribution < -0.4 is 11.1 Å². The van der Waals surface area contributed by atoms with Gasteiger partial charge in [0.2, 0.25) is 5.91 Å². The van der Waals surface area contributed by atoms with Crippen LogP contribution in [-0.2, 0) is 9.59 Å². The van der Waals surface area contributed by atoms with Gasteiger partial charge in [-0.05, 0) is 37.5 Å². The van der Waals surface area contributed by atoms with Crippen molar-refractivity contribution < 1.29 is 14.7 Å². The first-order valence-electron chi connectivity index (χ1n) is 7.03. The number of carboxylic acid groups (broad SMARTS) is 1. The summed E-state index contributed by atoms with van der Waals surface area (Å²) in [5.41, 5.74) is 6.14. The van der Waals surface area contributed by atoms with Gasteiger partial charge in [-0.25, -0.2) is 0 Å². The van der Waals surface area contributed by atoms with Crippen molar-refractivity contribution in [2.45, 2.75) is 37.8 Å². The second kappa shape index (κ2) is 4.63. The Hall–Kier alpha value is -1.36. The Morgan fingerprint density at radius 2 is 1.89 bits per heavy atom. The zero-order valence-electron chi connectivity index (χ0n) is 10.8. The minimum atomic E-state index is -0.829. The summed E-state index contributed by atoms with van der Waals surface area (Å²) in [4.78, 5) is 23.2. The van der Waals surface area contributed by atoms with Gasteiger partial charge >= 0.3 is 5.97 Å². The van der Waals surface area contributed by atoms with Crippen LogP contribution in [0, 0.1) is 23.7 Å². The predicted octanol–water partition coefficient (Wildman–Crippen LogP) is 0.505. The molecule has 0 saturated heterocycles. The number of nitrogens with one attached hydrogen (secondary N) is 1. The van der Waals surface area contributed by atoms with Gasteiger partial charge in [0.05, 0.1) is 11.8 Å². The normalized spacial score (nSPS) is 43.6. The van der Waals surface area contributed by atoms with Crippen LogP contribution >= 0.6 is 0 Å². The van der Waals surface area contributed by atoms with Gasteiger partial charge in [-0.1, -0.05) is 12.2 Å². The third kappa shape index (κ3) is 2.16. The van der Waals surface area contributed by atoms with E-state index in [-0.39, 0.29) is 23.9 Å². The van der Waals surface area contributed by atoms with Gasteiger partial charge in [-0.2, -0.15) is 0 Å². The lowest BCUT2D eigenvalue weighted by atomic mass is 9.84. The van der Waals surface area contributed by atoms with Gasteiger partial charge in [0.15, 0.2) is 0 Å². The number of aliphatic carboxylic acids is 1. The van der Waals surface area contributed by atoms with Gasteiger partial charge in [0.1, 0.15) is 0 Å². The maximum Gasteiger partial charge on any atom is 0.310 e. The molecule has 3 rings (SSSR count). The molecule has 5 nitrogen and oxygen atoms in total. The lowest BCUT2D eigenvalue weighted by Gasteiger charge is -2.28. The maximum atomic E-state index is 12.3. The fourth-order valence-corrected chi connectivity index (χ4v) is 3.99. The highest BCUT2D eigenvalue weighted by Crippen LogP contribution is 2.47. The Kier molecular flexibility index (Phi) is 3.09. The average Bonchev–Trinajstić information content (AvgIpc) is 3.02. The SMILES string of the molecule is NC1C2CCC(C2)C1C(=O)NC1C=CC(C(=O)O)C1. The molecular weight excluding hydrogens is 244 g/mol. The Balaban J connectivity index is 1.58. The van der Waals surface area contributed by atoms with Crippen molar-refractivity contribution in [1.82, 2.24) is 5.32 Å². The van der Waals surface area contributed by atoms with Gasteiger partial charge < -0.3 is 16.2 Å². The van der Waals surface area contributed by atoms with E-state index < -0.39 is 11.9 Å².